The molecule has 1 atom stereocenters. The van der Waals surface area contributed by atoms with Gasteiger partial charge in [-0.1, -0.05) is 25.6 Å². The van der Waals surface area contributed by atoms with E-state index in [1.54, 1.807) is 11.8 Å². The fraction of sp³-hybridized carbons (Fsp3) is 0.412. The van der Waals surface area contributed by atoms with Gasteiger partial charge >= 0.3 is 0 Å². The summed E-state index contributed by atoms with van der Waals surface area (Å²) >= 11 is 1.66. The lowest BCUT2D eigenvalue weighted by Crippen LogP contribution is -2.20. The number of rotatable bonds is 6. The number of nitrogens with one attached hydrogen (secondary N) is 1. The molecule has 0 amide bonds. The molecule has 2 aromatic rings. The molecule has 0 saturated heterocycles. The van der Waals surface area contributed by atoms with E-state index in [1.165, 1.54) is 5.56 Å². The van der Waals surface area contributed by atoms with Gasteiger partial charge in [0, 0.05) is 22.8 Å². The summed E-state index contributed by atoms with van der Waals surface area (Å²) in [6.07, 6.45) is 2.99. The third kappa shape index (κ3) is 4.55. The van der Waals surface area contributed by atoms with Gasteiger partial charge in [0.1, 0.15) is 5.03 Å². The van der Waals surface area contributed by atoms with Crippen LogP contribution in [0.15, 0.2) is 40.4 Å². The Morgan fingerprint density at radius 2 is 2.00 bits per heavy atom. The van der Waals surface area contributed by atoms with Gasteiger partial charge in [-0.05, 0) is 56.6 Å². The van der Waals surface area contributed by atoms with Crippen LogP contribution in [0.1, 0.15) is 43.3 Å². The van der Waals surface area contributed by atoms with Crippen LogP contribution in [0.4, 0.5) is 0 Å². The van der Waals surface area contributed by atoms with Crippen LogP contribution < -0.4 is 5.32 Å². The Morgan fingerprint density at radius 3 is 2.57 bits per heavy atom. The summed E-state index contributed by atoms with van der Waals surface area (Å²) in [6, 6.07) is 8.79. The maximum Gasteiger partial charge on any atom is 0.101 e. The summed E-state index contributed by atoms with van der Waals surface area (Å²) < 4.78 is 0. The molecule has 112 valence electrons. The molecule has 0 radical (unpaired) electrons. The average molecular weight is 301 g/mol. The number of nitrogens with zero attached hydrogens (tertiary/aromatic N) is 2. The molecule has 0 bridgehead atoms. The lowest BCUT2D eigenvalue weighted by molar-refractivity contribution is 0.524. The average Bonchev–Trinajstić information content (AvgIpc) is 2.45. The van der Waals surface area contributed by atoms with Gasteiger partial charge in [-0.15, -0.1) is 0 Å². The minimum atomic E-state index is 0.341. The van der Waals surface area contributed by atoms with Crippen molar-refractivity contribution < 1.29 is 0 Å². The van der Waals surface area contributed by atoms with E-state index in [1.807, 2.05) is 13.1 Å². The SMILES string of the molecule is CCNC(CC)c1ccc(Sc2cc(C)cc(C)n2)cn1. The second-order valence-corrected chi connectivity index (χ2v) is 6.26. The number of pyridine rings is 2. The third-order valence-corrected chi connectivity index (χ3v) is 4.17. The first-order chi connectivity index (χ1) is 10.1. The predicted octanol–water partition coefficient (Wildman–Crippen LogP) is 4.31. The van der Waals surface area contributed by atoms with E-state index < -0.39 is 0 Å². The predicted molar refractivity (Wildman–Crippen MR) is 88.8 cm³/mol. The molecule has 0 aliphatic heterocycles. The topological polar surface area (TPSA) is 37.8 Å². The molecule has 0 aliphatic rings. The maximum absolute atomic E-state index is 4.60. The van der Waals surface area contributed by atoms with E-state index in [2.05, 4.69) is 60.3 Å². The second kappa shape index (κ2) is 7.57. The fourth-order valence-electron chi connectivity index (χ4n) is 2.34. The van der Waals surface area contributed by atoms with Crippen LogP contribution >= 0.6 is 11.8 Å². The molecule has 0 fully saturated rings. The summed E-state index contributed by atoms with van der Waals surface area (Å²) in [5.41, 5.74) is 3.41. The van der Waals surface area contributed by atoms with Crippen LogP contribution in [0.3, 0.4) is 0 Å². The van der Waals surface area contributed by atoms with E-state index >= 15 is 0 Å². The van der Waals surface area contributed by atoms with Crippen LogP contribution in [-0.4, -0.2) is 16.5 Å². The molecule has 2 heterocycles. The first-order valence-corrected chi connectivity index (χ1v) is 8.26. The molecule has 0 spiro atoms. The van der Waals surface area contributed by atoms with Gasteiger partial charge in [-0.2, -0.15) is 0 Å². The highest BCUT2D eigenvalue weighted by Gasteiger charge is 2.09. The molecule has 3 nitrogen and oxygen atoms in total. The minimum absolute atomic E-state index is 0.341. The highest BCUT2D eigenvalue weighted by atomic mass is 32.2. The highest BCUT2D eigenvalue weighted by molar-refractivity contribution is 7.99. The molecule has 0 aromatic carbocycles. The summed E-state index contributed by atoms with van der Waals surface area (Å²) in [5.74, 6) is 0. The van der Waals surface area contributed by atoms with Gasteiger partial charge in [-0.25, -0.2) is 4.98 Å². The summed E-state index contributed by atoms with van der Waals surface area (Å²) in [4.78, 5) is 10.3. The second-order valence-electron chi connectivity index (χ2n) is 5.16. The van der Waals surface area contributed by atoms with E-state index in [-0.39, 0.29) is 0 Å². The van der Waals surface area contributed by atoms with Gasteiger partial charge in [0.2, 0.25) is 0 Å². The zero-order valence-corrected chi connectivity index (χ0v) is 14.0. The van der Waals surface area contributed by atoms with Crippen LogP contribution in [0.5, 0.6) is 0 Å². The molecule has 2 aromatic heterocycles. The molecule has 1 N–H and O–H groups in total. The van der Waals surface area contributed by atoms with Gasteiger partial charge in [0.25, 0.3) is 0 Å². The lowest BCUT2D eigenvalue weighted by atomic mass is 10.1. The zero-order valence-electron chi connectivity index (χ0n) is 13.2. The normalized spacial score (nSPS) is 12.4. The standard InChI is InChI=1S/C17H23N3S/c1-5-15(18-6-2)16-8-7-14(11-19-16)21-17-10-12(3)9-13(4)20-17/h7-11,15,18H,5-6H2,1-4H3. The Bertz CT molecular complexity index is 561. The summed E-state index contributed by atoms with van der Waals surface area (Å²) in [5, 5.41) is 4.48. The van der Waals surface area contributed by atoms with Crippen molar-refractivity contribution in [1.82, 2.24) is 15.3 Å². The Balaban J connectivity index is 2.11. The molecular weight excluding hydrogens is 278 g/mol. The van der Waals surface area contributed by atoms with E-state index in [0.717, 1.165) is 34.3 Å². The lowest BCUT2D eigenvalue weighted by Gasteiger charge is -2.15. The largest absolute Gasteiger partial charge is 0.309 e. The van der Waals surface area contributed by atoms with E-state index in [0.29, 0.717) is 6.04 Å². The fourth-order valence-corrected chi connectivity index (χ4v) is 3.26. The molecule has 0 saturated carbocycles. The first-order valence-electron chi connectivity index (χ1n) is 7.44. The Labute approximate surface area is 131 Å². The van der Waals surface area contributed by atoms with Crippen LogP contribution in [0.25, 0.3) is 0 Å². The Hall–Kier alpha value is -1.39. The highest BCUT2D eigenvalue weighted by Crippen LogP contribution is 2.27. The Kier molecular flexibility index (Phi) is 5.76. The molecule has 21 heavy (non-hydrogen) atoms. The van der Waals surface area contributed by atoms with Crippen molar-refractivity contribution >= 4 is 11.8 Å². The van der Waals surface area contributed by atoms with Crippen LogP contribution in [0.2, 0.25) is 0 Å². The molecule has 1 unspecified atom stereocenters. The van der Waals surface area contributed by atoms with Crippen LogP contribution in [0, 0.1) is 13.8 Å². The number of aryl methyl sites for hydroxylation is 2. The monoisotopic (exact) mass is 301 g/mol. The van der Waals surface area contributed by atoms with Gasteiger partial charge in [0.05, 0.1) is 5.69 Å². The van der Waals surface area contributed by atoms with Crippen molar-refractivity contribution in [1.29, 1.82) is 0 Å². The minimum Gasteiger partial charge on any atom is -0.309 e. The number of aromatic nitrogens is 2. The van der Waals surface area contributed by atoms with Gasteiger partial charge in [-0.3, -0.25) is 4.98 Å². The van der Waals surface area contributed by atoms with Crippen molar-refractivity contribution in [3.8, 4) is 0 Å². The summed E-state index contributed by atoms with van der Waals surface area (Å²) in [7, 11) is 0. The maximum atomic E-state index is 4.60. The van der Waals surface area contributed by atoms with E-state index in [9.17, 15) is 0 Å². The number of hydrogen-bond donors (Lipinski definition) is 1. The zero-order chi connectivity index (χ0) is 15.2. The third-order valence-electron chi connectivity index (χ3n) is 3.27. The van der Waals surface area contributed by atoms with Crippen LogP contribution in [-0.2, 0) is 0 Å². The van der Waals surface area contributed by atoms with Crippen molar-refractivity contribution in [2.45, 2.75) is 50.1 Å². The van der Waals surface area contributed by atoms with Gasteiger partial charge < -0.3 is 5.32 Å². The van der Waals surface area contributed by atoms with Gasteiger partial charge in [0.15, 0.2) is 0 Å². The smallest absolute Gasteiger partial charge is 0.101 e. The quantitative estimate of drug-likeness (QED) is 0.863. The van der Waals surface area contributed by atoms with Crippen molar-refractivity contribution in [3.05, 3.63) is 47.4 Å². The van der Waals surface area contributed by atoms with E-state index in [4.69, 9.17) is 0 Å². The molecule has 4 heteroatoms. The summed E-state index contributed by atoms with van der Waals surface area (Å²) in [6.45, 7) is 9.39. The molecular formula is C17H23N3S. The molecule has 0 aliphatic carbocycles. The van der Waals surface area contributed by atoms with Crippen molar-refractivity contribution in [2.24, 2.45) is 0 Å². The van der Waals surface area contributed by atoms with Crippen molar-refractivity contribution in [2.75, 3.05) is 6.54 Å². The molecule has 2 rings (SSSR count). The first kappa shape index (κ1) is 16.0. The number of hydrogen-bond acceptors (Lipinski definition) is 4. The Morgan fingerprint density at radius 1 is 1.19 bits per heavy atom. The van der Waals surface area contributed by atoms with Crippen molar-refractivity contribution in [3.63, 3.8) is 0 Å².